The van der Waals surface area contributed by atoms with E-state index >= 15 is 0 Å². The maximum absolute atomic E-state index is 12.8. The number of aromatic nitrogens is 1. The summed E-state index contributed by atoms with van der Waals surface area (Å²) in [4.78, 5) is 25.4. The summed E-state index contributed by atoms with van der Waals surface area (Å²) >= 11 is 6.08. The minimum absolute atomic E-state index is 0.245. The highest BCUT2D eigenvalue weighted by molar-refractivity contribution is 6.32. The number of methoxy groups -OCH3 is 2. The lowest BCUT2D eigenvalue weighted by Crippen LogP contribution is -2.31. The number of nitrogens with zero attached hydrogens (tertiary/aromatic N) is 1. The molecule has 1 unspecified atom stereocenters. The normalized spacial score (nSPS) is 11.9. The summed E-state index contributed by atoms with van der Waals surface area (Å²) in [5.74, 6) is 0.858. The van der Waals surface area contributed by atoms with Crippen LogP contribution in [0.3, 0.4) is 0 Å². The van der Waals surface area contributed by atoms with Crippen LogP contribution in [0.4, 0.5) is 5.69 Å². The van der Waals surface area contributed by atoms with E-state index in [2.05, 4.69) is 5.32 Å². The molecule has 0 saturated carbocycles. The Balaban J connectivity index is 1.87. The van der Waals surface area contributed by atoms with Gasteiger partial charge in [-0.1, -0.05) is 11.6 Å². The summed E-state index contributed by atoms with van der Waals surface area (Å²) in [6.07, 6.45) is 1.61. The van der Waals surface area contributed by atoms with E-state index in [0.717, 1.165) is 5.39 Å². The second kappa shape index (κ2) is 7.72. The summed E-state index contributed by atoms with van der Waals surface area (Å²) in [6, 6.07) is 11.2. The lowest BCUT2D eigenvalue weighted by molar-refractivity contribution is -0.118. The molecule has 2 aromatic carbocycles. The zero-order valence-electron chi connectivity index (χ0n) is 15.2. The van der Waals surface area contributed by atoms with Gasteiger partial charge in [0.05, 0.1) is 19.2 Å². The molecule has 3 rings (SSSR count). The number of ether oxygens (including phenoxy) is 2. The van der Waals surface area contributed by atoms with Gasteiger partial charge in [0.2, 0.25) is 5.91 Å². The molecule has 0 saturated heterocycles. The number of halogens is 1. The van der Waals surface area contributed by atoms with Crippen molar-refractivity contribution >= 4 is 34.0 Å². The highest BCUT2D eigenvalue weighted by Gasteiger charge is 2.18. The molecule has 1 N–H and O–H groups in total. The molecule has 1 amide bonds. The molecule has 0 aliphatic carbocycles. The Morgan fingerprint density at radius 1 is 1.11 bits per heavy atom. The molecule has 1 atom stereocenters. The lowest BCUT2D eigenvalue weighted by atomic mass is 10.1. The Bertz CT molecular complexity index is 1060. The van der Waals surface area contributed by atoms with Crippen molar-refractivity contribution in [3.8, 4) is 11.5 Å². The van der Waals surface area contributed by atoms with Gasteiger partial charge in [-0.25, -0.2) is 0 Å². The third-order valence-electron chi connectivity index (χ3n) is 4.35. The topological polar surface area (TPSA) is 69.6 Å². The molecular weight excluding hydrogens is 368 g/mol. The minimum atomic E-state index is -0.704. The van der Waals surface area contributed by atoms with Gasteiger partial charge in [-0.05, 0) is 54.8 Å². The second-order valence-electron chi connectivity index (χ2n) is 6.00. The predicted molar refractivity (Wildman–Crippen MR) is 106 cm³/mol. The van der Waals surface area contributed by atoms with E-state index in [-0.39, 0.29) is 11.5 Å². The van der Waals surface area contributed by atoms with Crippen LogP contribution < -0.4 is 20.3 Å². The SMILES string of the molecule is COc1ccc2c(=O)n(C(C)C(=O)Nc3ccc(OC)c(Cl)c3)ccc2c1. The number of nitrogens with one attached hydrogen (secondary N) is 1. The van der Waals surface area contributed by atoms with Gasteiger partial charge in [-0.15, -0.1) is 0 Å². The average molecular weight is 387 g/mol. The molecule has 0 aliphatic heterocycles. The molecule has 140 valence electrons. The lowest BCUT2D eigenvalue weighted by Gasteiger charge is -2.16. The van der Waals surface area contributed by atoms with E-state index in [4.69, 9.17) is 21.1 Å². The third-order valence-corrected chi connectivity index (χ3v) is 4.65. The summed E-state index contributed by atoms with van der Waals surface area (Å²) in [6.45, 7) is 1.66. The van der Waals surface area contributed by atoms with Gasteiger partial charge in [0, 0.05) is 17.3 Å². The van der Waals surface area contributed by atoms with Crippen molar-refractivity contribution in [1.29, 1.82) is 0 Å². The first-order chi connectivity index (χ1) is 12.9. The zero-order valence-corrected chi connectivity index (χ0v) is 15.9. The van der Waals surface area contributed by atoms with E-state index in [0.29, 0.717) is 27.6 Å². The van der Waals surface area contributed by atoms with Crippen LogP contribution in [0.1, 0.15) is 13.0 Å². The summed E-state index contributed by atoms with van der Waals surface area (Å²) in [5.41, 5.74) is 0.279. The Morgan fingerprint density at radius 3 is 2.56 bits per heavy atom. The van der Waals surface area contributed by atoms with E-state index in [1.54, 1.807) is 62.7 Å². The minimum Gasteiger partial charge on any atom is -0.497 e. The fourth-order valence-electron chi connectivity index (χ4n) is 2.79. The van der Waals surface area contributed by atoms with Gasteiger partial charge < -0.3 is 19.4 Å². The van der Waals surface area contributed by atoms with Crippen molar-refractivity contribution in [2.24, 2.45) is 0 Å². The molecule has 0 spiro atoms. The first kappa shape index (κ1) is 18.8. The highest BCUT2D eigenvalue weighted by atomic mass is 35.5. The molecule has 0 fully saturated rings. The van der Waals surface area contributed by atoms with Crippen molar-refractivity contribution in [3.63, 3.8) is 0 Å². The Hall–Kier alpha value is -2.99. The predicted octanol–water partition coefficient (Wildman–Crippen LogP) is 3.87. The smallest absolute Gasteiger partial charge is 0.259 e. The van der Waals surface area contributed by atoms with Crippen LogP contribution in [0, 0.1) is 0 Å². The Morgan fingerprint density at radius 2 is 1.89 bits per heavy atom. The quantitative estimate of drug-likeness (QED) is 0.722. The van der Waals surface area contributed by atoms with Gasteiger partial charge >= 0.3 is 0 Å². The summed E-state index contributed by atoms with van der Waals surface area (Å²) in [5, 5.41) is 4.43. The van der Waals surface area contributed by atoms with Crippen LogP contribution >= 0.6 is 11.6 Å². The summed E-state index contributed by atoms with van der Waals surface area (Å²) < 4.78 is 11.7. The Kier molecular flexibility index (Phi) is 5.37. The average Bonchev–Trinajstić information content (AvgIpc) is 2.67. The molecule has 27 heavy (non-hydrogen) atoms. The first-order valence-electron chi connectivity index (χ1n) is 8.28. The number of anilines is 1. The second-order valence-corrected chi connectivity index (χ2v) is 6.40. The van der Waals surface area contributed by atoms with Gasteiger partial charge in [-0.2, -0.15) is 0 Å². The van der Waals surface area contributed by atoms with Crippen molar-refractivity contribution < 1.29 is 14.3 Å². The highest BCUT2D eigenvalue weighted by Crippen LogP contribution is 2.27. The molecule has 0 bridgehead atoms. The van der Waals surface area contributed by atoms with Crippen molar-refractivity contribution in [2.45, 2.75) is 13.0 Å². The number of hydrogen-bond acceptors (Lipinski definition) is 4. The molecule has 3 aromatic rings. The van der Waals surface area contributed by atoms with Gasteiger partial charge in [-0.3, -0.25) is 9.59 Å². The number of pyridine rings is 1. The third kappa shape index (κ3) is 3.75. The molecule has 0 radical (unpaired) electrons. The van der Waals surface area contributed by atoms with Gasteiger partial charge in [0.15, 0.2) is 0 Å². The van der Waals surface area contributed by atoms with Crippen molar-refractivity contribution in [2.75, 3.05) is 19.5 Å². The van der Waals surface area contributed by atoms with Crippen LogP contribution in [0.15, 0.2) is 53.5 Å². The molecule has 0 aliphatic rings. The number of benzene rings is 2. The van der Waals surface area contributed by atoms with Crippen LogP contribution in [-0.2, 0) is 4.79 Å². The Labute approximate surface area is 161 Å². The number of amides is 1. The number of hydrogen-bond donors (Lipinski definition) is 1. The monoisotopic (exact) mass is 386 g/mol. The fraction of sp³-hybridized carbons (Fsp3) is 0.200. The zero-order chi connectivity index (χ0) is 19.6. The standard InChI is InChI=1S/C20H19ClN2O4/c1-12(19(24)22-14-4-7-18(27-3)17(21)11-14)23-9-8-13-10-15(26-2)5-6-16(13)20(23)25/h4-12H,1-3H3,(H,22,24). The van der Waals surface area contributed by atoms with Crippen LogP contribution in [0.25, 0.3) is 10.8 Å². The van der Waals surface area contributed by atoms with Crippen LogP contribution in [0.2, 0.25) is 5.02 Å². The van der Waals surface area contributed by atoms with Crippen LogP contribution in [0.5, 0.6) is 11.5 Å². The van der Waals surface area contributed by atoms with Crippen LogP contribution in [-0.4, -0.2) is 24.7 Å². The van der Waals surface area contributed by atoms with E-state index in [1.807, 2.05) is 0 Å². The maximum Gasteiger partial charge on any atom is 0.259 e. The number of rotatable bonds is 5. The van der Waals surface area contributed by atoms with Crippen molar-refractivity contribution in [3.05, 3.63) is 64.0 Å². The largest absolute Gasteiger partial charge is 0.497 e. The van der Waals surface area contributed by atoms with E-state index < -0.39 is 6.04 Å². The maximum atomic E-state index is 12.8. The molecule has 1 aromatic heterocycles. The first-order valence-corrected chi connectivity index (χ1v) is 8.65. The van der Waals surface area contributed by atoms with Gasteiger partial charge in [0.25, 0.3) is 5.56 Å². The number of carbonyl (C=O) groups is 1. The molecule has 1 heterocycles. The molecule has 6 nitrogen and oxygen atoms in total. The number of fused-ring (bicyclic) bond motifs is 1. The van der Waals surface area contributed by atoms with E-state index in [1.165, 1.54) is 11.7 Å². The van der Waals surface area contributed by atoms with Crippen molar-refractivity contribution in [1.82, 2.24) is 4.57 Å². The fourth-order valence-corrected chi connectivity index (χ4v) is 3.05. The number of carbonyl (C=O) groups excluding carboxylic acids is 1. The van der Waals surface area contributed by atoms with E-state index in [9.17, 15) is 9.59 Å². The molecular formula is C20H19ClN2O4. The van der Waals surface area contributed by atoms with Gasteiger partial charge in [0.1, 0.15) is 17.5 Å². The summed E-state index contributed by atoms with van der Waals surface area (Å²) in [7, 11) is 3.09. The molecule has 7 heteroatoms.